The predicted molar refractivity (Wildman–Crippen MR) is 216 cm³/mol. The Morgan fingerprint density at radius 1 is 0.644 bits per heavy atom. The van der Waals surface area contributed by atoms with Gasteiger partial charge in [0.15, 0.2) is 0 Å². The van der Waals surface area contributed by atoms with Crippen molar-refractivity contribution in [3.8, 4) is 0 Å². The molecule has 0 atom stereocenters. The average Bonchev–Trinajstić information content (AvgIpc) is 3.61. The highest BCUT2D eigenvalue weighted by Crippen LogP contribution is 2.25. The van der Waals surface area contributed by atoms with E-state index in [1.807, 2.05) is 31.2 Å². The van der Waals surface area contributed by atoms with Gasteiger partial charge in [-0.3, -0.25) is 29.0 Å². The first-order valence-corrected chi connectivity index (χ1v) is 19.3. The Kier molecular flexibility index (Phi) is 13.5. The van der Waals surface area contributed by atoms with Gasteiger partial charge >= 0.3 is 11.9 Å². The van der Waals surface area contributed by atoms with Crippen LogP contribution < -0.4 is 5.32 Å². The van der Waals surface area contributed by atoms with Crippen LogP contribution in [0.2, 0.25) is 5.15 Å². The largest absolute Gasteiger partial charge is 0.462 e. The highest BCUT2D eigenvalue weighted by atomic mass is 35.5. The fourth-order valence-corrected chi connectivity index (χ4v) is 6.61. The van der Waals surface area contributed by atoms with E-state index < -0.39 is 11.9 Å². The van der Waals surface area contributed by atoms with E-state index in [2.05, 4.69) is 25.3 Å². The summed E-state index contributed by atoms with van der Waals surface area (Å²) in [5, 5.41) is 3.20. The molecule has 0 bridgehead atoms. The lowest BCUT2D eigenvalue weighted by Crippen LogP contribution is -2.31. The van der Waals surface area contributed by atoms with Crippen LogP contribution in [0.5, 0.6) is 0 Å². The number of esters is 2. The monoisotopic (exact) mass is 817 g/mol. The summed E-state index contributed by atoms with van der Waals surface area (Å²) in [5.74, 6) is -0.948. The van der Waals surface area contributed by atoms with E-state index in [1.165, 1.54) is 22.2 Å². The summed E-state index contributed by atoms with van der Waals surface area (Å²) < 4.78 is 10.00. The van der Waals surface area contributed by atoms with E-state index in [1.54, 1.807) is 62.4 Å². The minimum Gasteiger partial charge on any atom is -0.462 e. The summed E-state index contributed by atoms with van der Waals surface area (Å²) in [5.41, 5.74) is 3.92. The van der Waals surface area contributed by atoms with Gasteiger partial charge in [-0.2, -0.15) is 0 Å². The molecule has 2 aromatic heterocycles. The van der Waals surface area contributed by atoms with Crippen LogP contribution in [-0.2, 0) is 22.3 Å². The molecule has 302 valence electrons. The summed E-state index contributed by atoms with van der Waals surface area (Å²) in [6.07, 6.45) is 4.59. The van der Waals surface area contributed by atoms with Crippen molar-refractivity contribution in [3.05, 3.63) is 141 Å². The van der Waals surface area contributed by atoms with Gasteiger partial charge in [-0.05, 0) is 75.6 Å². The number of imide groups is 2. The van der Waals surface area contributed by atoms with Crippen LogP contribution >= 0.6 is 11.6 Å². The number of ether oxygens (including phenoxy) is 2. The third kappa shape index (κ3) is 9.64. The molecular formula is C43H40ClN7O8. The number of rotatable bonds is 14. The molecule has 0 unspecified atom stereocenters. The lowest BCUT2D eigenvalue weighted by molar-refractivity contribution is 0.0516. The lowest BCUT2D eigenvalue weighted by Gasteiger charge is -2.14. The first-order chi connectivity index (χ1) is 28.5. The Morgan fingerprint density at radius 2 is 1.10 bits per heavy atom. The molecule has 16 heteroatoms. The number of nitrogens with one attached hydrogen (secondary N) is 1. The maximum atomic E-state index is 12.5. The number of hydrogen-bond acceptors (Lipinski definition) is 13. The topological polar surface area (TPSA) is 191 Å². The summed E-state index contributed by atoms with van der Waals surface area (Å²) in [4.78, 5) is 93.2. The fraction of sp³-hybridized carbons (Fsp3) is 0.256. The molecule has 7 rings (SSSR count). The van der Waals surface area contributed by atoms with Gasteiger partial charge in [-0.15, -0.1) is 0 Å². The van der Waals surface area contributed by atoms with Crippen molar-refractivity contribution in [2.75, 3.05) is 31.6 Å². The molecule has 2 aliphatic rings. The van der Waals surface area contributed by atoms with Gasteiger partial charge in [0, 0.05) is 44.0 Å². The van der Waals surface area contributed by atoms with Crippen LogP contribution in [0.25, 0.3) is 0 Å². The number of aryl methyl sites for hydroxylation is 3. The van der Waals surface area contributed by atoms with Crippen molar-refractivity contribution in [2.45, 2.75) is 46.5 Å². The molecule has 59 heavy (non-hydrogen) atoms. The third-order valence-corrected chi connectivity index (χ3v) is 9.51. The second kappa shape index (κ2) is 19.0. The Bertz CT molecular complexity index is 2370. The van der Waals surface area contributed by atoms with Crippen molar-refractivity contribution in [1.82, 2.24) is 29.7 Å². The number of anilines is 2. The zero-order valence-corrected chi connectivity index (χ0v) is 33.3. The number of aromatic nitrogens is 4. The first-order valence-electron chi connectivity index (χ1n) is 19.0. The van der Waals surface area contributed by atoms with E-state index in [0.717, 1.165) is 11.3 Å². The number of carbonyl (C=O) groups is 6. The van der Waals surface area contributed by atoms with Gasteiger partial charge in [0.1, 0.15) is 33.7 Å². The molecule has 4 amide bonds. The predicted octanol–water partition coefficient (Wildman–Crippen LogP) is 6.47. The molecule has 3 aromatic carbocycles. The summed E-state index contributed by atoms with van der Waals surface area (Å²) >= 11 is 6.00. The van der Waals surface area contributed by atoms with Crippen molar-refractivity contribution < 1.29 is 38.2 Å². The van der Waals surface area contributed by atoms with Crippen LogP contribution in [0, 0.1) is 6.92 Å². The Hall–Kier alpha value is -6.87. The number of amides is 4. The third-order valence-electron chi connectivity index (χ3n) is 9.22. The maximum absolute atomic E-state index is 12.5. The molecule has 0 saturated heterocycles. The maximum Gasteiger partial charge on any atom is 0.343 e. The Labute approximate surface area is 344 Å². The number of hydrogen-bond donors (Lipinski definition) is 1. The van der Waals surface area contributed by atoms with E-state index in [-0.39, 0.29) is 66.2 Å². The van der Waals surface area contributed by atoms with Crippen LogP contribution in [-0.4, -0.2) is 91.6 Å². The highest BCUT2D eigenvalue weighted by Gasteiger charge is 2.35. The Balaban J connectivity index is 0.000000204. The molecule has 2 aliphatic heterocycles. The van der Waals surface area contributed by atoms with Crippen molar-refractivity contribution in [1.29, 1.82) is 0 Å². The average molecular weight is 818 g/mol. The molecule has 15 nitrogen and oxygen atoms in total. The SMILES string of the molecule is CCOC(=O)c1cnc(CCCN2C(=O)c3ccccc3C2=O)nc1Cl.CCOC(=O)c1cnc(CCCN2C(=O)c3ccccc3C2=O)nc1Nc1cccc(C)c1. The summed E-state index contributed by atoms with van der Waals surface area (Å²) in [7, 11) is 0. The molecule has 4 heterocycles. The standard InChI is InChI=1S/C25H24N4O4.C18H16ClN3O4/c1-3-33-25(32)20-15-26-21(28-22(20)27-17-9-6-8-16(2)14-17)12-7-13-29-23(30)18-10-4-5-11-19(18)24(29)31;1-2-26-18(25)13-10-20-14(21-15(13)19)8-5-9-22-16(23)11-6-3-4-7-12(11)17(22)24/h4-6,8-11,14-15H,3,7,12-13H2,1-2H3,(H,26,27,28);3-4,6-7,10H,2,5,8-9H2,1H3. The van der Waals surface area contributed by atoms with Crippen LogP contribution in [0.4, 0.5) is 11.5 Å². The van der Waals surface area contributed by atoms with Crippen LogP contribution in [0.15, 0.2) is 85.2 Å². The molecule has 0 radical (unpaired) electrons. The first kappa shape index (κ1) is 41.8. The van der Waals surface area contributed by atoms with Crippen molar-refractivity contribution in [3.63, 3.8) is 0 Å². The molecule has 0 spiro atoms. The number of fused-ring (bicyclic) bond motifs is 2. The molecular weight excluding hydrogens is 778 g/mol. The number of benzene rings is 3. The zero-order valence-electron chi connectivity index (χ0n) is 32.6. The molecule has 0 fully saturated rings. The lowest BCUT2D eigenvalue weighted by atomic mass is 10.1. The second-order valence-corrected chi connectivity index (χ2v) is 13.7. The normalized spacial score (nSPS) is 12.8. The van der Waals surface area contributed by atoms with Crippen LogP contribution in [0.3, 0.4) is 0 Å². The number of nitrogens with zero attached hydrogens (tertiary/aromatic N) is 6. The molecule has 1 N–H and O–H groups in total. The van der Waals surface area contributed by atoms with Crippen molar-refractivity contribution >= 4 is 58.7 Å². The smallest absolute Gasteiger partial charge is 0.343 e. The Morgan fingerprint density at radius 3 is 1.56 bits per heavy atom. The van der Waals surface area contributed by atoms with Crippen molar-refractivity contribution in [2.24, 2.45) is 0 Å². The fourth-order valence-electron chi connectivity index (χ4n) is 6.39. The number of halogens is 1. The van der Waals surface area contributed by atoms with Gasteiger partial charge < -0.3 is 14.8 Å². The molecule has 0 aliphatic carbocycles. The zero-order chi connectivity index (χ0) is 42.1. The van der Waals surface area contributed by atoms with Gasteiger partial charge in [0.05, 0.1) is 35.5 Å². The van der Waals surface area contributed by atoms with E-state index in [4.69, 9.17) is 21.1 Å². The van der Waals surface area contributed by atoms with E-state index in [0.29, 0.717) is 65.4 Å². The minimum atomic E-state index is -0.574. The van der Waals surface area contributed by atoms with Crippen LogP contribution in [0.1, 0.15) is 106 Å². The molecule has 5 aromatic rings. The quantitative estimate of drug-likeness (QED) is 0.0730. The summed E-state index contributed by atoms with van der Waals surface area (Å²) in [6, 6.07) is 21.3. The van der Waals surface area contributed by atoms with Gasteiger partial charge in [0.25, 0.3) is 23.6 Å². The van der Waals surface area contributed by atoms with E-state index in [9.17, 15) is 28.8 Å². The summed E-state index contributed by atoms with van der Waals surface area (Å²) in [6.45, 7) is 6.40. The van der Waals surface area contributed by atoms with Gasteiger partial charge in [0.2, 0.25) is 0 Å². The molecule has 0 saturated carbocycles. The van der Waals surface area contributed by atoms with Gasteiger partial charge in [-0.25, -0.2) is 29.5 Å². The van der Waals surface area contributed by atoms with E-state index >= 15 is 0 Å². The number of carbonyl (C=O) groups excluding carboxylic acids is 6. The minimum absolute atomic E-state index is 0.0224. The second-order valence-electron chi connectivity index (χ2n) is 13.3. The highest BCUT2D eigenvalue weighted by molar-refractivity contribution is 6.32. The van der Waals surface area contributed by atoms with Gasteiger partial charge in [-0.1, -0.05) is 48.0 Å².